The molecule has 0 atom stereocenters. The first-order chi connectivity index (χ1) is 9.69. The van der Waals surface area contributed by atoms with Gasteiger partial charge in [-0.1, -0.05) is 13.8 Å². The number of aliphatic hydroxyl groups is 1. The summed E-state index contributed by atoms with van der Waals surface area (Å²) in [4.78, 5) is 11.6. The Labute approximate surface area is 125 Å². The van der Waals surface area contributed by atoms with Crippen molar-refractivity contribution in [3.63, 3.8) is 0 Å². The third-order valence-corrected chi connectivity index (χ3v) is 5.03. The van der Waals surface area contributed by atoms with E-state index in [2.05, 4.69) is 10.0 Å². The molecule has 0 saturated heterocycles. The van der Waals surface area contributed by atoms with Gasteiger partial charge in [0.25, 0.3) is 5.91 Å². The van der Waals surface area contributed by atoms with Crippen LogP contribution in [-0.4, -0.2) is 43.2 Å². The number of nitrogens with one attached hydrogen (secondary N) is 2. The van der Waals surface area contributed by atoms with Crippen molar-refractivity contribution in [1.29, 1.82) is 0 Å². The van der Waals surface area contributed by atoms with Gasteiger partial charge in [-0.05, 0) is 18.9 Å². The Bertz CT molecular complexity index is 603. The predicted molar refractivity (Wildman–Crippen MR) is 79.5 cm³/mol. The smallest absolute Gasteiger partial charge is 0.267 e. The second-order valence-corrected chi connectivity index (χ2v) is 6.77. The number of nitrogens with zero attached hydrogens (tertiary/aromatic N) is 1. The topological polar surface area (TPSA) is 100 Å². The molecule has 0 aliphatic heterocycles. The highest BCUT2D eigenvalue weighted by atomic mass is 32.2. The largest absolute Gasteiger partial charge is 0.389 e. The van der Waals surface area contributed by atoms with Crippen LogP contribution in [0.3, 0.4) is 0 Å². The molecule has 1 rings (SSSR count). The van der Waals surface area contributed by atoms with E-state index in [1.807, 2.05) is 0 Å². The Kier molecular flexibility index (Phi) is 5.54. The van der Waals surface area contributed by atoms with Crippen molar-refractivity contribution in [2.45, 2.75) is 37.2 Å². The molecule has 3 N–H and O–H groups in total. The number of carbonyl (C=O) groups is 1. The van der Waals surface area contributed by atoms with Crippen LogP contribution in [-0.2, 0) is 17.1 Å². The molecule has 0 radical (unpaired) electrons. The van der Waals surface area contributed by atoms with Crippen molar-refractivity contribution < 1.29 is 18.3 Å². The number of carbonyl (C=O) groups excluding carboxylic acids is 1. The molecule has 0 aromatic carbocycles. The lowest BCUT2D eigenvalue weighted by molar-refractivity contribution is 0.0377. The Balaban J connectivity index is 2.97. The third-order valence-electron chi connectivity index (χ3n) is 3.66. The van der Waals surface area contributed by atoms with E-state index in [1.165, 1.54) is 23.9 Å². The summed E-state index contributed by atoms with van der Waals surface area (Å²) in [6.45, 7) is 3.53. The van der Waals surface area contributed by atoms with Gasteiger partial charge in [0.2, 0.25) is 10.0 Å². The quantitative estimate of drug-likeness (QED) is 0.669. The van der Waals surface area contributed by atoms with Crippen LogP contribution < -0.4 is 10.0 Å². The van der Waals surface area contributed by atoms with Gasteiger partial charge in [0.1, 0.15) is 10.6 Å². The molecule has 0 spiro atoms. The van der Waals surface area contributed by atoms with Gasteiger partial charge in [0, 0.05) is 26.8 Å². The van der Waals surface area contributed by atoms with Crippen LogP contribution in [0.5, 0.6) is 0 Å². The minimum Gasteiger partial charge on any atom is -0.389 e. The fraction of sp³-hybridized carbons (Fsp3) is 0.615. The molecule has 1 aromatic rings. The van der Waals surface area contributed by atoms with Crippen molar-refractivity contribution in [1.82, 2.24) is 14.6 Å². The van der Waals surface area contributed by atoms with E-state index in [1.54, 1.807) is 20.9 Å². The van der Waals surface area contributed by atoms with Crippen LogP contribution in [0.1, 0.15) is 37.2 Å². The number of hydrogen-bond acceptors (Lipinski definition) is 4. The van der Waals surface area contributed by atoms with Crippen molar-refractivity contribution in [2.75, 3.05) is 13.6 Å². The zero-order valence-corrected chi connectivity index (χ0v) is 13.6. The summed E-state index contributed by atoms with van der Waals surface area (Å²) < 4.78 is 28.3. The van der Waals surface area contributed by atoms with E-state index >= 15 is 0 Å². The minimum atomic E-state index is -3.77. The summed E-state index contributed by atoms with van der Waals surface area (Å²) in [6.07, 6.45) is 2.26. The maximum atomic E-state index is 12.2. The van der Waals surface area contributed by atoms with E-state index in [-0.39, 0.29) is 23.0 Å². The van der Waals surface area contributed by atoms with Crippen molar-refractivity contribution >= 4 is 15.9 Å². The summed E-state index contributed by atoms with van der Waals surface area (Å²) in [7, 11) is -0.696. The molecule has 120 valence electrons. The molecule has 21 heavy (non-hydrogen) atoms. The molecular weight excluding hydrogens is 294 g/mol. The van der Waals surface area contributed by atoms with Crippen LogP contribution in [0.2, 0.25) is 0 Å². The van der Waals surface area contributed by atoms with E-state index in [0.717, 1.165) is 0 Å². The molecule has 1 aromatic heterocycles. The van der Waals surface area contributed by atoms with Crippen molar-refractivity contribution in [3.8, 4) is 0 Å². The maximum absolute atomic E-state index is 12.2. The van der Waals surface area contributed by atoms with Gasteiger partial charge in [-0.25, -0.2) is 13.1 Å². The van der Waals surface area contributed by atoms with Gasteiger partial charge in [-0.3, -0.25) is 4.79 Å². The predicted octanol–water partition coefficient (Wildman–Crippen LogP) is 0.214. The lowest BCUT2D eigenvalue weighted by atomic mass is 9.98. The maximum Gasteiger partial charge on any atom is 0.267 e. The summed E-state index contributed by atoms with van der Waals surface area (Å²) in [5, 5.41) is 12.6. The Morgan fingerprint density at radius 1 is 1.38 bits per heavy atom. The second kappa shape index (κ2) is 6.59. The number of aromatic nitrogens is 1. The van der Waals surface area contributed by atoms with Gasteiger partial charge >= 0.3 is 0 Å². The summed E-state index contributed by atoms with van der Waals surface area (Å²) >= 11 is 0. The standard InChI is InChI=1S/C13H23N3O4S/c1-5-13(18,6-2)9-15-21(19,20)10-7-11(12(17)14-3)16(4)8-10/h7-8,15,18H,5-6,9H2,1-4H3,(H,14,17). The molecule has 0 saturated carbocycles. The molecular formula is C13H23N3O4S. The van der Waals surface area contributed by atoms with Gasteiger partial charge in [0.15, 0.2) is 0 Å². The fourth-order valence-corrected chi connectivity index (χ4v) is 3.04. The van der Waals surface area contributed by atoms with E-state index in [9.17, 15) is 18.3 Å². The lowest BCUT2D eigenvalue weighted by Gasteiger charge is -2.25. The third kappa shape index (κ3) is 4.05. The molecule has 0 fully saturated rings. The zero-order valence-electron chi connectivity index (χ0n) is 12.8. The van der Waals surface area contributed by atoms with Crippen LogP contribution in [0, 0.1) is 0 Å². The van der Waals surface area contributed by atoms with Crippen molar-refractivity contribution in [3.05, 3.63) is 18.0 Å². The SMILES string of the molecule is CCC(O)(CC)CNS(=O)(=O)c1cc(C(=O)NC)n(C)c1. The highest BCUT2D eigenvalue weighted by Gasteiger charge is 2.26. The van der Waals surface area contributed by atoms with E-state index in [0.29, 0.717) is 12.8 Å². The number of sulfonamides is 1. The Morgan fingerprint density at radius 3 is 2.43 bits per heavy atom. The highest BCUT2D eigenvalue weighted by Crippen LogP contribution is 2.17. The lowest BCUT2D eigenvalue weighted by Crippen LogP contribution is -2.41. The molecule has 1 heterocycles. The van der Waals surface area contributed by atoms with Crippen molar-refractivity contribution in [2.24, 2.45) is 7.05 Å². The van der Waals surface area contributed by atoms with Crippen LogP contribution >= 0.6 is 0 Å². The Morgan fingerprint density at radius 2 is 1.95 bits per heavy atom. The number of aryl methyl sites for hydroxylation is 1. The average molecular weight is 317 g/mol. The molecule has 1 amide bonds. The molecule has 7 nitrogen and oxygen atoms in total. The average Bonchev–Trinajstić information content (AvgIpc) is 2.87. The first kappa shape index (κ1) is 17.7. The van der Waals surface area contributed by atoms with E-state index in [4.69, 9.17) is 0 Å². The molecule has 0 bridgehead atoms. The molecule has 0 aliphatic carbocycles. The van der Waals surface area contributed by atoms with Crippen LogP contribution in [0.25, 0.3) is 0 Å². The summed E-state index contributed by atoms with van der Waals surface area (Å²) in [5.74, 6) is -0.363. The van der Waals surface area contributed by atoms with Gasteiger partial charge in [0.05, 0.1) is 5.60 Å². The van der Waals surface area contributed by atoms with Gasteiger partial charge in [-0.2, -0.15) is 0 Å². The molecule has 0 aliphatic rings. The second-order valence-electron chi connectivity index (χ2n) is 5.01. The monoisotopic (exact) mass is 317 g/mol. The first-order valence-corrected chi connectivity index (χ1v) is 8.28. The number of rotatable bonds is 7. The Hall–Kier alpha value is -1.38. The number of amides is 1. The normalized spacial score (nSPS) is 12.4. The summed E-state index contributed by atoms with van der Waals surface area (Å²) in [5.41, 5.74) is -0.815. The van der Waals surface area contributed by atoms with Crippen LogP contribution in [0.4, 0.5) is 0 Å². The molecule has 0 unspecified atom stereocenters. The number of hydrogen-bond donors (Lipinski definition) is 3. The minimum absolute atomic E-state index is 0.00171. The highest BCUT2D eigenvalue weighted by molar-refractivity contribution is 7.89. The first-order valence-electron chi connectivity index (χ1n) is 6.79. The zero-order chi connectivity index (χ0) is 16.3. The van der Waals surface area contributed by atoms with Gasteiger partial charge in [-0.15, -0.1) is 0 Å². The van der Waals surface area contributed by atoms with Crippen LogP contribution in [0.15, 0.2) is 17.2 Å². The fourth-order valence-electron chi connectivity index (χ4n) is 1.85. The van der Waals surface area contributed by atoms with Gasteiger partial charge < -0.3 is 15.0 Å². The van der Waals surface area contributed by atoms with E-state index < -0.39 is 15.6 Å². The molecule has 8 heteroatoms. The summed E-state index contributed by atoms with van der Waals surface area (Å²) in [6, 6.07) is 1.30.